The van der Waals surface area contributed by atoms with Gasteiger partial charge in [0.1, 0.15) is 5.82 Å². The van der Waals surface area contributed by atoms with Crippen LogP contribution in [0, 0.1) is 6.92 Å². The van der Waals surface area contributed by atoms with Gasteiger partial charge in [-0.05, 0) is 39.0 Å². The Kier molecular flexibility index (Phi) is 4.36. The Balaban J connectivity index is 1.54. The first-order valence-corrected chi connectivity index (χ1v) is 9.61. The molecule has 0 amide bonds. The number of hydrogen-bond donors (Lipinski definition) is 0. The number of fused-ring (bicyclic) bond motifs is 1. The molecule has 0 atom stereocenters. The lowest BCUT2D eigenvalue weighted by atomic mass is 10.2. The Morgan fingerprint density at radius 2 is 1.85 bits per heavy atom. The van der Waals surface area contributed by atoms with Gasteiger partial charge in [-0.3, -0.25) is 9.36 Å². The van der Waals surface area contributed by atoms with E-state index in [2.05, 4.69) is 24.1 Å². The van der Waals surface area contributed by atoms with Gasteiger partial charge in [0.05, 0.1) is 17.2 Å². The minimum atomic E-state index is 0.0213. The largest absolute Gasteiger partial charge is 0.368 e. The first-order chi connectivity index (χ1) is 12.5. The monoisotopic (exact) mass is 370 g/mol. The molecule has 26 heavy (non-hydrogen) atoms. The molecule has 1 saturated heterocycles. The van der Waals surface area contributed by atoms with Gasteiger partial charge in [0.25, 0.3) is 5.56 Å². The molecular formula is C18H22N6OS. The van der Waals surface area contributed by atoms with Gasteiger partial charge in [0.2, 0.25) is 5.13 Å². The van der Waals surface area contributed by atoms with Crippen LogP contribution >= 0.6 is 11.5 Å². The van der Waals surface area contributed by atoms with E-state index in [1.165, 1.54) is 11.5 Å². The molecule has 0 bridgehead atoms. The van der Waals surface area contributed by atoms with E-state index in [-0.39, 0.29) is 11.6 Å². The van der Waals surface area contributed by atoms with E-state index in [0.717, 1.165) is 48.3 Å². The summed E-state index contributed by atoms with van der Waals surface area (Å²) in [4.78, 5) is 26.1. The lowest BCUT2D eigenvalue weighted by Gasteiger charge is -2.35. The molecule has 0 radical (unpaired) electrons. The second-order valence-corrected chi connectivity index (χ2v) is 7.58. The topological polar surface area (TPSA) is 67.2 Å². The quantitative estimate of drug-likeness (QED) is 0.706. The van der Waals surface area contributed by atoms with E-state index in [0.29, 0.717) is 5.39 Å². The van der Waals surface area contributed by atoms with Gasteiger partial charge in [-0.1, -0.05) is 0 Å². The Labute approximate surface area is 156 Å². The smallest absolute Gasteiger partial charge is 0.261 e. The van der Waals surface area contributed by atoms with E-state index >= 15 is 0 Å². The number of aryl methyl sites for hydroxylation is 1. The third-order valence-electron chi connectivity index (χ3n) is 4.76. The van der Waals surface area contributed by atoms with Crippen LogP contribution in [-0.4, -0.2) is 45.1 Å². The Morgan fingerprint density at radius 1 is 1.12 bits per heavy atom. The predicted octanol–water partition coefficient (Wildman–Crippen LogP) is 2.46. The maximum absolute atomic E-state index is 12.6. The molecule has 0 saturated carbocycles. The van der Waals surface area contributed by atoms with Crippen LogP contribution in [0.5, 0.6) is 0 Å². The van der Waals surface area contributed by atoms with Crippen LogP contribution in [0.3, 0.4) is 0 Å². The van der Waals surface area contributed by atoms with Gasteiger partial charge in [-0.15, -0.1) is 0 Å². The summed E-state index contributed by atoms with van der Waals surface area (Å²) in [6.07, 6.45) is 1.65. The van der Waals surface area contributed by atoms with Crippen LogP contribution in [0.1, 0.15) is 25.7 Å². The summed E-state index contributed by atoms with van der Waals surface area (Å²) in [5.41, 5.74) is 1.89. The van der Waals surface area contributed by atoms with E-state index < -0.39 is 0 Å². The van der Waals surface area contributed by atoms with Gasteiger partial charge in [0.15, 0.2) is 0 Å². The number of aromatic nitrogens is 4. The number of rotatable bonds is 3. The van der Waals surface area contributed by atoms with Crippen molar-refractivity contribution in [1.29, 1.82) is 0 Å². The molecular weight excluding hydrogens is 348 g/mol. The van der Waals surface area contributed by atoms with Crippen molar-refractivity contribution >= 4 is 33.3 Å². The molecule has 1 fully saturated rings. The number of nitrogens with zero attached hydrogens (tertiary/aromatic N) is 6. The van der Waals surface area contributed by atoms with E-state index in [1.807, 2.05) is 39.0 Å². The molecule has 136 valence electrons. The van der Waals surface area contributed by atoms with Gasteiger partial charge in [-0.25, -0.2) is 9.97 Å². The summed E-state index contributed by atoms with van der Waals surface area (Å²) >= 11 is 1.46. The van der Waals surface area contributed by atoms with Crippen molar-refractivity contribution in [3.8, 4) is 0 Å². The van der Waals surface area contributed by atoms with Crippen molar-refractivity contribution in [2.45, 2.75) is 26.8 Å². The second-order valence-electron chi connectivity index (χ2n) is 6.85. The molecule has 0 unspecified atom stereocenters. The minimum absolute atomic E-state index is 0.0213. The van der Waals surface area contributed by atoms with Crippen LogP contribution in [0.4, 0.5) is 10.8 Å². The van der Waals surface area contributed by atoms with E-state index in [9.17, 15) is 4.79 Å². The van der Waals surface area contributed by atoms with Crippen LogP contribution in [0.25, 0.3) is 10.9 Å². The van der Waals surface area contributed by atoms with Crippen LogP contribution in [-0.2, 0) is 0 Å². The van der Waals surface area contributed by atoms with Gasteiger partial charge in [-0.2, -0.15) is 4.37 Å². The highest BCUT2D eigenvalue weighted by Crippen LogP contribution is 2.23. The van der Waals surface area contributed by atoms with Gasteiger partial charge >= 0.3 is 0 Å². The SMILES string of the molecule is Cc1nsc(N2CCN(c3ccc4c(=O)n(C(C)C)cnc4c3)CC2)n1. The molecule has 0 aliphatic carbocycles. The zero-order valence-corrected chi connectivity index (χ0v) is 16.0. The average Bonchev–Trinajstić information content (AvgIpc) is 3.08. The molecule has 1 aromatic carbocycles. The summed E-state index contributed by atoms with van der Waals surface area (Å²) in [6.45, 7) is 9.54. The van der Waals surface area contributed by atoms with Crippen molar-refractivity contribution < 1.29 is 0 Å². The molecule has 4 rings (SSSR count). The molecule has 8 heteroatoms. The van der Waals surface area contributed by atoms with Crippen LogP contribution < -0.4 is 15.4 Å². The number of piperazine rings is 1. The average molecular weight is 370 g/mol. The van der Waals surface area contributed by atoms with Crippen LogP contribution in [0.15, 0.2) is 29.3 Å². The maximum Gasteiger partial charge on any atom is 0.261 e. The summed E-state index contributed by atoms with van der Waals surface area (Å²) in [5.74, 6) is 0.833. The van der Waals surface area contributed by atoms with E-state index in [1.54, 1.807) is 10.9 Å². The molecule has 7 nitrogen and oxygen atoms in total. The number of benzene rings is 1. The number of anilines is 2. The second kappa shape index (κ2) is 6.68. The van der Waals surface area contributed by atoms with Crippen molar-refractivity contribution in [3.05, 3.63) is 40.7 Å². The highest BCUT2D eigenvalue weighted by molar-refractivity contribution is 7.09. The molecule has 1 aliphatic rings. The summed E-state index contributed by atoms with van der Waals surface area (Å²) in [5, 5.41) is 1.67. The summed E-state index contributed by atoms with van der Waals surface area (Å²) in [7, 11) is 0. The van der Waals surface area contributed by atoms with Crippen molar-refractivity contribution in [2.24, 2.45) is 0 Å². The normalized spacial score (nSPS) is 15.2. The van der Waals surface area contributed by atoms with Gasteiger partial charge < -0.3 is 9.80 Å². The third kappa shape index (κ3) is 3.05. The third-order valence-corrected chi connectivity index (χ3v) is 5.62. The summed E-state index contributed by atoms with van der Waals surface area (Å²) < 4.78 is 5.94. The zero-order valence-electron chi connectivity index (χ0n) is 15.2. The lowest BCUT2D eigenvalue weighted by Crippen LogP contribution is -2.46. The first-order valence-electron chi connectivity index (χ1n) is 8.84. The van der Waals surface area contributed by atoms with Crippen molar-refractivity contribution in [3.63, 3.8) is 0 Å². The Bertz CT molecular complexity index is 987. The highest BCUT2D eigenvalue weighted by Gasteiger charge is 2.20. The molecule has 1 aliphatic heterocycles. The maximum atomic E-state index is 12.6. The fourth-order valence-corrected chi connectivity index (χ4v) is 3.98. The fraction of sp³-hybridized carbons (Fsp3) is 0.444. The zero-order chi connectivity index (χ0) is 18.3. The minimum Gasteiger partial charge on any atom is -0.368 e. The number of hydrogen-bond acceptors (Lipinski definition) is 7. The van der Waals surface area contributed by atoms with Crippen molar-refractivity contribution in [2.75, 3.05) is 36.0 Å². The Hall–Kier alpha value is -2.48. The molecule has 2 aromatic heterocycles. The molecule has 0 N–H and O–H groups in total. The molecule has 3 heterocycles. The Morgan fingerprint density at radius 3 is 2.50 bits per heavy atom. The van der Waals surface area contributed by atoms with Crippen LogP contribution in [0.2, 0.25) is 0 Å². The standard InChI is InChI=1S/C18H22N6OS/c1-12(2)24-11-19-16-10-14(4-5-15(16)17(24)25)22-6-8-23(9-7-22)18-20-13(3)21-26-18/h4-5,10-12H,6-9H2,1-3H3. The lowest BCUT2D eigenvalue weighted by molar-refractivity contribution is 0.573. The molecule has 0 spiro atoms. The van der Waals surface area contributed by atoms with Crippen molar-refractivity contribution in [1.82, 2.24) is 18.9 Å². The first kappa shape index (κ1) is 17.0. The summed E-state index contributed by atoms with van der Waals surface area (Å²) in [6, 6.07) is 6.06. The highest BCUT2D eigenvalue weighted by atomic mass is 32.1. The molecule has 3 aromatic rings. The van der Waals surface area contributed by atoms with Gasteiger partial charge in [0, 0.05) is 49.4 Å². The predicted molar refractivity (Wildman–Crippen MR) is 105 cm³/mol. The van der Waals surface area contributed by atoms with E-state index in [4.69, 9.17) is 0 Å². The fourth-order valence-electron chi connectivity index (χ4n) is 3.26.